The molecule has 0 radical (unpaired) electrons. The van der Waals surface area contributed by atoms with Gasteiger partial charge in [0.15, 0.2) is 0 Å². The average Bonchev–Trinajstić information content (AvgIpc) is 2.84. The van der Waals surface area contributed by atoms with E-state index < -0.39 is 10.0 Å². The maximum Gasteiger partial charge on any atom is 0.267 e. The number of nitrogen functional groups attached to an aromatic ring is 1. The fraction of sp³-hybridized carbons (Fsp3) is 0.182. The third-order valence-corrected chi connectivity index (χ3v) is 3.93. The van der Waals surface area contributed by atoms with Gasteiger partial charge in [-0.25, -0.2) is 8.42 Å². The minimum absolute atomic E-state index is 0.0349. The second-order valence-electron chi connectivity index (χ2n) is 3.85. The van der Waals surface area contributed by atoms with E-state index in [1.54, 1.807) is 6.07 Å². The molecule has 0 unspecified atom stereocenters. The van der Waals surface area contributed by atoms with Gasteiger partial charge in [-0.2, -0.15) is 5.10 Å². The minimum atomic E-state index is -3.83. The quantitative estimate of drug-likeness (QED) is 0.751. The summed E-state index contributed by atoms with van der Waals surface area (Å²) in [6, 6.07) is 4.68. The lowest BCUT2D eigenvalue weighted by atomic mass is 10.3. The van der Waals surface area contributed by atoms with E-state index in [0.29, 0.717) is 17.2 Å². The van der Waals surface area contributed by atoms with Crippen LogP contribution in [0.25, 0.3) is 0 Å². The zero-order valence-electron chi connectivity index (χ0n) is 10.9. The number of hydrogen-bond donors (Lipinski definition) is 3. The van der Waals surface area contributed by atoms with E-state index in [1.807, 2.05) is 0 Å². The summed E-state index contributed by atoms with van der Waals surface area (Å²) >= 11 is 0. The summed E-state index contributed by atoms with van der Waals surface area (Å²) in [5, 5.41) is 5.94. The number of nitrogens with zero attached hydrogens (tertiary/aromatic N) is 1. The Labute approximate surface area is 115 Å². The molecule has 0 saturated carbocycles. The minimum Gasteiger partial charge on any atom is -0.497 e. The fourth-order valence-corrected chi connectivity index (χ4v) is 2.64. The summed E-state index contributed by atoms with van der Waals surface area (Å²) in [6.07, 6.45) is 1.13. The van der Waals surface area contributed by atoms with E-state index in [-0.39, 0.29) is 10.7 Å². The molecule has 0 bridgehead atoms. The molecule has 1 aromatic carbocycles. The van der Waals surface area contributed by atoms with Gasteiger partial charge in [0.2, 0.25) is 0 Å². The number of rotatable bonds is 5. The molecule has 9 heteroatoms. The van der Waals surface area contributed by atoms with Crippen molar-refractivity contribution in [3.63, 3.8) is 0 Å². The molecule has 4 N–H and O–H groups in total. The van der Waals surface area contributed by atoms with Crippen molar-refractivity contribution in [3.8, 4) is 11.5 Å². The molecule has 20 heavy (non-hydrogen) atoms. The van der Waals surface area contributed by atoms with Crippen molar-refractivity contribution >= 4 is 21.5 Å². The lowest BCUT2D eigenvalue weighted by molar-refractivity contribution is 0.395. The van der Waals surface area contributed by atoms with Gasteiger partial charge in [-0.05, 0) is 0 Å². The molecule has 8 nitrogen and oxygen atoms in total. The van der Waals surface area contributed by atoms with Gasteiger partial charge in [0, 0.05) is 18.2 Å². The van der Waals surface area contributed by atoms with Crippen molar-refractivity contribution < 1.29 is 17.9 Å². The van der Waals surface area contributed by atoms with E-state index in [2.05, 4.69) is 14.9 Å². The van der Waals surface area contributed by atoms with Gasteiger partial charge in [-0.3, -0.25) is 9.82 Å². The molecular weight excluding hydrogens is 284 g/mol. The number of hydrogen-bond acceptors (Lipinski definition) is 6. The number of nitrogens with one attached hydrogen (secondary N) is 2. The van der Waals surface area contributed by atoms with Crippen molar-refractivity contribution in [2.45, 2.75) is 4.90 Å². The molecule has 2 aromatic rings. The SMILES string of the molecule is COc1cc(NS(=O)(=O)c2cn[nH]c2N)cc(OC)c1. The van der Waals surface area contributed by atoms with Gasteiger partial charge in [-0.1, -0.05) is 0 Å². The van der Waals surface area contributed by atoms with Crippen molar-refractivity contribution in [2.75, 3.05) is 24.7 Å². The Hall–Kier alpha value is -2.42. The van der Waals surface area contributed by atoms with Crippen molar-refractivity contribution in [1.82, 2.24) is 10.2 Å². The molecule has 1 heterocycles. The van der Waals surface area contributed by atoms with Gasteiger partial charge in [0.05, 0.1) is 26.1 Å². The highest BCUT2D eigenvalue weighted by molar-refractivity contribution is 7.92. The lowest BCUT2D eigenvalue weighted by Crippen LogP contribution is -2.14. The molecular formula is C11H14N4O4S. The smallest absolute Gasteiger partial charge is 0.267 e. The van der Waals surface area contributed by atoms with Crippen LogP contribution in [0.5, 0.6) is 11.5 Å². The summed E-state index contributed by atoms with van der Waals surface area (Å²) in [4.78, 5) is -0.126. The zero-order chi connectivity index (χ0) is 14.8. The first-order valence-electron chi connectivity index (χ1n) is 5.51. The van der Waals surface area contributed by atoms with Crippen LogP contribution >= 0.6 is 0 Å². The van der Waals surface area contributed by atoms with Crippen LogP contribution in [0.1, 0.15) is 0 Å². The van der Waals surface area contributed by atoms with E-state index in [1.165, 1.54) is 26.4 Å². The summed E-state index contributed by atoms with van der Waals surface area (Å²) in [7, 11) is -0.884. The molecule has 0 atom stereocenters. The Morgan fingerprint density at radius 3 is 2.25 bits per heavy atom. The topological polar surface area (TPSA) is 119 Å². The van der Waals surface area contributed by atoms with Crippen LogP contribution in [0.4, 0.5) is 11.5 Å². The standard InChI is InChI=1S/C11H14N4O4S/c1-18-8-3-7(4-9(5-8)19-2)15-20(16,17)10-6-13-14-11(10)12/h3-6,15H,1-2H3,(H3,12,13,14). The van der Waals surface area contributed by atoms with Crippen LogP contribution in [0, 0.1) is 0 Å². The number of aromatic nitrogens is 2. The maximum absolute atomic E-state index is 12.2. The van der Waals surface area contributed by atoms with Crippen LogP contribution in [0.3, 0.4) is 0 Å². The molecule has 0 spiro atoms. The second kappa shape index (κ2) is 5.29. The molecule has 0 aliphatic carbocycles. The van der Waals surface area contributed by atoms with Gasteiger partial charge in [0.25, 0.3) is 10.0 Å². The van der Waals surface area contributed by atoms with E-state index in [9.17, 15) is 8.42 Å². The van der Waals surface area contributed by atoms with Gasteiger partial charge >= 0.3 is 0 Å². The Bertz CT molecular complexity index is 689. The van der Waals surface area contributed by atoms with Gasteiger partial charge < -0.3 is 15.2 Å². The number of nitrogens with two attached hydrogens (primary N) is 1. The summed E-state index contributed by atoms with van der Waals surface area (Å²) in [5.41, 5.74) is 5.80. The van der Waals surface area contributed by atoms with Crippen LogP contribution in [-0.2, 0) is 10.0 Å². The molecule has 0 fully saturated rings. The van der Waals surface area contributed by atoms with Crippen molar-refractivity contribution in [1.29, 1.82) is 0 Å². The number of H-pyrrole nitrogens is 1. The highest BCUT2D eigenvalue weighted by Crippen LogP contribution is 2.28. The molecule has 0 saturated heterocycles. The first-order chi connectivity index (χ1) is 9.46. The predicted molar refractivity (Wildman–Crippen MR) is 73.4 cm³/mol. The number of aromatic amines is 1. The molecule has 2 rings (SSSR count). The average molecular weight is 298 g/mol. The first kappa shape index (κ1) is 14.0. The molecule has 0 aliphatic rings. The van der Waals surface area contributed by atoms with E-state index >= 15 is 0 Å². The summed E-state index contributed by atoms with van der Waals surface area (Å²) in [6.45, 7) is 0. The summed E-state index contributed by atoms with van der Waals surface area (Å²) in [5.74, 6) is 0.886. The van der Waals surface area contributed by atoms with Crippen molar-refractivity contribution in [2.24, 2.45) is 0 Å². The Kier molecular flexibility index (Phi) is 3.70. The maximum atomic E-state index is 12.2. The number of ether oxygens (including phenoxy) is 2. The molecule has 0 aliphatic heterocycles. The van der Waals surface area contributed by atoms with Crippen LogP contribution in [-0.4, -0.2) is 32.8 Å². The largest absolute Gasteiger partial charge is 0.497 e. The lowest BCUT2D eigenvalue weighted by Gasteiger charge is -2.10. The van der Waals surface area contributed by atoms with Crippen LogP contribution in [0.15, 0.2) is 29.3 Å². The predicted octanol–water partition coefficient (Wildman–Crippen LogP) is 0.810. The molecule has 0 amide bonds. The Morgan fingerprint density at radius 2 is 1.80 bits per heavy atom. The third kappa shape index (κ3) is 2.77. The first-order valence-corrected chi connectivity index (χ1v) is 6.99. The van der Waals surface area contributed by atoms with Crippen LogP contribution in [0.2, 0.25) is 0 Å². The number of sulfonamides is 1. The second-order valence-corrected chi connectivity index (χ2v) is 5.51. The van der Waals surface area contributed by atoms with Crippen LogP contribution < -0.4 is 19.9 Å². The number of anilines is 2. The van der Waals surface area contributed by atoms with E-state index in [4.69, 9.17) is 15.2 Å². The van der Waals surface area contributed by atoms with E-state index in [0.717, 1.165) is 6.20 Å². The summed E-state index contributed by atoms with van der Waals surface area (Å²) < 4.78 is 36.8. The number of benzene rings is 1. The van der Waals surface area contributed by atoms with Gasteiger partial charge in [0.1, 0.15) is 22.2 Å². The van der Waals surface area contributed by atoms with Crippen molar-refractivity contribution in [3.05, 3.63) is 24.4 Å². The zero-order valence-corrected chi connectivity index (χ0v) is 11.7. The third-order valence-electron chi connectivity index (χ3n) is 2.53. The fourth-order valence-electron chi connectivity index (χ4n) is 1.58. The highest BCUT2D eigenvalue weighted by Gasteiger charge is 2.20. The monoisotopic (exact) mass is 298 g/mol. The normalized spacial score (nSPS) is 11.1. The number of methoxy groups -OCH3 is 2. The highest BCUT2D eigenvalue weighted by atomic mass is 32.2. The Morgan fingerprint density at radius 1 is 1.20 bits per heavy atom. The molecule has 1 aromatic heterocycles. The Balaban J connectivity index is 2.37. The van der Waals surface area contributed by atoms with Gasteiger partial charge in [-0.15, -0.1) is 0 Å². The molecule has 108 valence electrons.